The fourth-order valence-electron chi connectivity index (χ4n) is 2.45. The maximum absolute atomic E-state index is 12.3. The molecule has 0 aromatic heterocycles. The largest absolute Gasteiger partial charge is 0.490 e. The normalized spacial score (nSPS) is 11.1. The predicted molar refractivity (Wildman–Crippen MR) is 109 cm³/mol. The number of hydrogen-bond acceptors (Lipinski definition) is 5. The molecule has 0 amide bonds. The Balaban J connectivity index is 1.45. The first-order valence-corrected chi connectivity index (χ1v) is 10.3. The van der Waals surface area contributed by atoms with E-state index in [-0.39, 0.29) is 11.4 Å². The summed E-state index contributed by atoms with van der Waals surface area (Å²) >= 11 is 0. The Hall–Kier alpha value is -3.03. The molecular weight excluding hydrogens is 376 g/mol. The van der Waals surface area contributed by atoms with Crippen LogP contribution in [0.2, 0.25) is 0 Å². The van der Waals surface area contributed by atoms with Gasteiger partial charge in [-0.15, -0.1) is 0 Å². The van der Waals surface area contributed by atoms with Gasteiger partial charge in [0.1, 0.15) is 24.7 Å². The maximum atomic E-state index is 12.3. The minimum Gasteiger partial charge on any atom is -0.490 e. The molecule has 6 nitrogen and oxygen atoms in total. The van der Waals surface area contributed by atoms with Gasteiger partial charge in [0, 0.05) is 12.2 Å². The zero-order chi connectivity index (χ0) is 19.8. The summed E-state index contributed by atoms with van der Waals surface area (Å²) in [4.78, 5) is 0.181. The Morgan fingerprint density at radius 1 is 0.750 bits per heavy atom. The lowest BCUT2D eigenvalue weighted by molar-refractivity contribution is 0.217. The van der Waals surface area contributed by atoms with Gasteiger partial charge in [0.15, 0.2) is 0 Å². The second-order valence-electron chi connectivity index (χ2n) is 6.05. The number of nitrogen functional groups attached to an aromatic ring is 1. The first kappa shape index (κ1) is 19.7. The molecule has 3 aromatic rings. The smallest absolute Gasteiger partial charge is 0.240 e. The maximum Gasteiger partial charge on any atom is 0.240 e. The lowest BCUT2D eigenvalue weighted by Gasteiger charge is -2.10. The molecule has 0 radical (unpaired) electrons. The molecular formula is C21H22N2O4S. The third-order valence-electron chi connectivity index (χ3n) is 3.94. The van der Waals surface area contributed by atoms with Gasteiger partial charge in [-0.25, -0.2) is 13.1 Å². The third kappa shape index (κ3) is 5.73. The third-order valence-corrected chi connectivity index (χ3v) is 5.36. The molecule has 3 rings (SSSR count). The Kier molecular flexibility index (Phi) is 6.52. The molecule has 7 heteroatoms. The number of ether oxygens (including phenoxy) is 2. The van der Waals surface area contributed by atoms with Crippen molar-refractivity contribution in [1.29, 1.82) is 0 Å². The average Bonchev–Trinajstić information content (AvgIpc) is 2.72. The van der Waals surface area contributed by atoms with E-state index in [1.807, 2.05) is 42.5 Å². The molecule has 0 atom stereocenters. The lowest BCUT2D eigenvalue weighted by Crippen LogP contribution is -2.23. The molecule has 3 N–H and O–H groups in total. The van der Waals surface area contributed by atoms with Gasteiger partial charge in [0.25, 0.3) is 0 Å². The summed E-state index contributed by atoms with van der Waals surface area (Å²) in [6, 6.07) is 22.8. The molecule has 0 aliphatic heterocycles. The van der Waals surface area contributed by atoms with Crippen LogP contribution in [0.15, 0.2) is 83.8 Å². The van der Waals surface area contributed by atoms with Crippen molar-refractivity contribution in [1.82, 2.24) is 4.72 Å². The van der Waals surface area contributed by atoms with E-state index in [1.54, 1.807) is 24.3 Å². The van der Waals surface area contributed by atoms with Crippen LogP contribution in [0.1, 0.15) is 5.56 Å². The van der Waals surface area contributed by atoms with Crippen LogP contribution < -0.4 is 19.9 Å². The summed E-state index contributed by atoms with van der Waals surface area (Å²) in [6.45, 7) is 1.04. The molecule has 0 saturated carbocycles. The average molecular weight is 398 g/mol. The van der Waals surface area contributed by atoms with E-state index >= 15 is 0 Å². The minimum atomic E-state index is -3.58. The summed E-state index contributed by atoms with van der Waals surface area (Å²) in [7, 11) is -3.58. The molecule has 0 bridgehead atoms. The summed E-state index contributed by atoms with van der Waals surface area (Å²) in [5.74, 6) is 1.50. The Bertz CT molecular complexity index is 973. The van der Waals surface area contributed by atoms with Crippen molar-refractivity contribution in [3.8, 4) is 11.5 Å². The van der Waals surface area contributed by atoms with Gasteiger partial charge in [-0.2, -0.15) is 0 Å². The first-order chi connectivity index (χ1) is 13.5. The monoisotopic (exact) mass is 398 g/mol. The molecule has 0 fully saturated rings. The zero-order valence-corrected chi connectivity index (χ0v) is 16.1. The van der Waals surface area contributed by atoms with Gasteiger partial charge >= 0.3 is 0 Å². The standard InChI is InChI=1S/C21H22N2O4S/c22-18-8-12-21(13-9-18)28(24,25)23-16-17-6-10-20(11-7-17)27-15-14-26-19-4-2-1-3-5-19/h1-13,23H,14-16,22H2. The van der Waals surface area contributed by atoms with Crippen LogP contribution in [0, 0.1) is 0 Å². The van der Waals surface area contributed by atoms with Crippen LogP contribution in [0.4, 0.5) is 5.69 Å². The van der Waals surface area contributed by atoms with Gasteiger partial charge in [0.05, 0.1) is 4.90 Å². The van der Waals surface area contributed by atoms with E-state index in [9.17, 15) is 8.42 Å². The van der Waals surface area contributed by atoms with E-state index in [2.05, 4.69) is 4.72 Å². The number of benzene rings is 3. The first-order valence-electron chi connectivity index (χ1n) is 8.78. The summed E-state index contributed by atoms with van der Waals surface area (Å²) in [6.07, 6.45) is 0. The topological polar surface area (TPSA) is 90.7 Å². The molecule has 0 heterocycles. The van der Waals surface area contributed by atoms with E-state index in [1.165, 1.54) is 12.1 Å². The van der Waals surface area contributed by atoms with E-state index in [0.29, 0.717) is 24.7 Å². The van der Waals surface area contributed by atoms with Gasteiger partial charge in [-0.1, -0.05) is 30.3 Å². The van der Waals surface area contributed by atoms with Crippen molar-refractivity contribution in [2.24, 2.45) is 0 Å². The molecule has 28 heavy (non-hydrogen) atoms. The molecule has 0 saturated heterocycles. The number of anilines is 1. The fraction of sp³-hybridized carbons (Fsp3) is 0.143. The molecule has 0 unspecified atom stereocenters. The van der Waals surface area contributed by atoms with Crippen LogP contribution in [0.5, 0.6) is 11.5 Å². The number of sulfonamides is 1. The predicted octanol–water partition coefficient (Wildman–Crippen LogP) is 3.21. The lowest BCUT2D eigenvalue weighted by atomic mass is 10.2. The van der Waals surface area contributed by atoms with Crippen molar-refractivity contribution >= 4 is 15.7 Å². The molecule has 146 valence electrons. The number of nitrogens with one attached hydrogen (secondary N) is 1. The SMILES string of the molecule is Nc1ccc(S(=O)(=O)NCc2ccc(OCCOc3ccccc3)cc2)cc1. The Morgan fingerprint density at radius 2 is 1.32 bits per heavy atom. The van der Waals surface area contributed by atoms with Crippen molar-refractivity contribution in [3.63, 3.8) is 0 Å². The fourth-order valence-corrected chi connectivity index (χ4v) is 3.47. The van der Waals surface area contributed by atoms with Crippen LogP contribution in [-0.4, -0.2) is 21.6 Å². The molecule has 0 aliphatic rings. The molecule has 3 aromatic carbocycles. The van der Waals surface area contributed by atoms with Gasteiger partial charge in [-0.3, -0.25) is 0 Å². The number of hydrogen-bond donors (Lipinski definition) is 2. The Labute approximate surface area is 165 Å². The van der Waals surface area contributed by atoms with Crippen LogP contribution in [-0.2, 0) is 16.6 Å². The second-order valence-corrected chi connectivity index (χ2v) is 7.81. The van der Waals surface area contributed by atoms with Crippen LogP contribution in [0.3, 0.4) is 0 Å². The number of nitrogens with two attached hydrogens (primary N) is 1. The van der Waals surface area contributed by atoms with Crippen molar-refractivity contribution in [2.45, 2.75) is 11.4 Å². The van der Waals surface area contributed by atoms with Crippen molar-refractivity contribution in [3.05, 3.63) is 84.4 Å². The highest BCUT2D eigenvalue weighted by atomic mass is 32.2. The Morgan fingerprint density at radius 3 is 1.93 bits per heavy atom. The van der Waals surface area contributed by atoms with Gasteiger partial charge in [-0.05, 0) is 54.1 Å². The molecule has 0 aliphatic carbocycles. The second kappa shape index (κ2) is 9.25. The summed E-state index contributed by atoms with van der Waals surface area (Å²) in [5.41, 5.74) is 6.93. The highest BCUT2D eigenvalue weighted by molar-refractivity contribution is 7.89. The number of rotatable bonds is 9. The summed E-state index contributed by atoms with van der Waals surface area (Å²) < 4.78 is 38.3. The summed E-state index contributed by atoms with van der Waals surface area (Å²) in [5, 5.41) is 0. The van der Waals surface area contributed by atoms with Crippen molar-refractivity contribution < 1.29 is 17.9 Å². The van der Waals surface area contributed by atoms with E-state index in [0.717, 1.165) is 11.3 Å². The molecule has 0 spiro atoms. The zero-order valence-electron chi connectivity index (χ0n) is 15.2. The minimum absolute atomic E-state index is 0.181. The highest BCUT2D eigenvalue weighted by Crippen LogP contribution is 2.15. The van der Waals surface area contributed by atoms with Crippen LogP contribution in [0.25, 0.3) is 0 Å². The highest BCUT2D eigenvalue weighted by Gasteiger charge is 2.13. The quantitative estimate of drug-likeness (QED) is 0.427. The number of para-hydroxylation sites is 1. The van der Waals surface area contributed by atoms with Crippen molar-refractivity contribution in [2.75, 3.05) is 18.9 Å². The van der Waals surface area contributed by atoms with Crippen LogP contribution >= 0.6 is 0 Å². The van der Waals surface area contributed by atoms with E-state index < -0.39 is 10.0 Å². The van der Waals surface area contributed by atoms with E-state index in [4.69, 9.17) is 15.2 Å². The van der Waals surface area contributed by atoms with Gasteiger partial charge in [0.2, 0.25) is 10.0 Å². The van der Waals surface area contributed by atoms with Gasteiger partial charge < -0.3 is 15.2 Å².